The molecule has 112 valence electrons. The molecule has 0 saturated carbocycles. The van der Waals surface area contributed by atoms with E-state index >= 15 is 0 Å². The molecule has 1 heterocycles. The molecule has 0 aliphatic heterocycles. The predicted molar refractivity (Wildman–Crippen MR) is 86.9 cm³/mol. The summed E-state index contributed by atoms with van der Waals surface area (Å²) in [4.78, 5) is 4.05. The van der Waals surface area contributed by atoms with Gasteiger partial charge in [-0.3, -0.25) is 4.98 Å². The van der Waals surface area contributed by atoms with Crippen molar-refractivity contribution in [1.82, 2.24) is 10.3 Å². The Hall–Kier alpha value is -1.71. The number of aliphatic hydroxyl groups excluding tert-OH is 1. The van der Waals surface area contributed by atoms with Gasteiger partial charge in [0.05, 0.1) is 6.61 Å². The van der Waals surface area contributed by atoms with Gasteiger partial charge in [0.2, 0.25) is 0 Å². The van der Waals surface area contributed by atoms with Crippen molar-refractivity contribution in [1.29, 1.82) is 0 Å². The summed E-state index contributed by atoms with van der Waals surface area (Å²) in [6.45, 7) is 5.13. The van der Waals surface area contributed by atoms with Gasteiger partial charge >= 0.3 is 0 Å². The second kappa shape index (κ2) is 7.34. The van der Waals surface area contributed by atoms with Crippen LogP contribution in [0.5, 0.6) is 0 Å². The summed E-state index contributed by atoms with van der Waals surface area (Å²) in [6.07, 6.45) is 5.64. The minimum absolute atomic E-state index is 0.158. The fourth-order valence-electron chi connectivity index (χ4n) is 2.50. The van der Waals surface area contributed by atoms with Crippen LogP contribution in [-0.4, -0.2) is 22.2 Å². The summed E-state index contributed by atoms with van der Waals surface area (Å²) >= 11 is 0. The van der Waals surface area contributed by atoms with Gasteiger partial charge in [0.25, 0.3) is 0 Å². The van der Waals surface area contributed by atoms with Crippen LogP contribution in [0.3, 0.4) is 0 Å². The number of hydrogen-bond donors (Lipinski definition) is 2. The van der Waals surface area contributed by atoms with Crippen molar-refractivity contribution in [2.45, 2.75) is 38.8 Å². The molecule has 3 nitrogen and oxygen atoms in total. The van der Waals surface area contributed by atoms with Crippen molar-refractivity contribution in [2.24, 2.45) is 0 Å². The van der Waals surface area contributed by atoms with E-state index in [1.807, 2.05) is 24.5 Å². The van der Waals surface area contributed by atoms with Crippen LogP contribution in [0.2, 0.25) is 0 Å². The third kappa shape index (κ3) is 4.38. The first-order valence-corrected chi connectivity index (χ1v) is 7.52. The molecule has 3 heteroatoms. The largest absolute Gasteiger partial charge is 0.394 e. The molecule has 0 aliphatic carbocycles. The molecule has 21 heavy (non-hydrogen) atoms. The predicted octanol–water partition coefficient (Wildman–Crippen LogP) is 3.39. The van der Waals surface area contributed by atoms with Crippen molar-refractivity contribution >= 4 is 0 Å². The molecule has 0 aliphatic rings. The third-order valence-corrected chi connectivity index (χ3v) is 3.81. The number of nitrogens with zero attached hydrogens (tertiary/aromatic N) is 1. The first-order valence-electron chi connectivity index (χ1n) is 7.52. The van der Waals surface area contributed by atoms with E-state index in [0.29, 0.717) is 0 Å². The Kier molecular flexibility index (Phi) is 5.48. The fraction of sp³-hybridized carbons (Fsp3) is 0.389. The summed E-state index contributed by atoms with van der Waals surface area (Å²) in [7, 11) is 0. The van der Waals surface area contributed by atoms with Gasteiger partial charge in [-0.15, -0.1) is 0 Å². The Morgan fingerprint density at radius 3 is 2.57 bits per heavy atom. The van der Waals surface area contributed by atoms with Gasteiger partial charge in [-0.1, -0.05) is 31.5 Å². The average molecular weight is 284 g/mol. The monoisotopic (exact) mass is 284 g/mol. The Balaban J connectivity index is 2.08. The zero-order chi connectivity index (χ0) is 15.1. The molecule has 0 fully saturated rings. The van der Waals surface area contributed by atoms with Gasteiger partial charge in [-0.2, -0.15) is 0 Å². The number of rotatable bonds is 7. The number of aromatic nitrogens is 1. The third-order valence-electron chi connectivity index (χ3n) is 3.81. The highest BCUT2D eigenvalue weighted by atomic mass is 16.3. The van der Waals surface area contributed by atoms with Gasteiger partial charge in [0.15, 0.2) is 0 Å². The molecule has 2 rings (SSSR count). The molecule has 0 radical (unpaired) electrons. The number of benzene rings is 1. The quantitative estimate of drug-likeness (QED) is 0.819. The van der Waals surface area contributed by atoms with Gasteiger partial charge in [-0.05, 0) is 48.2 Å². The van der Waals surface area contributed by atoms with E-state index < -0.39 is 0 Å². The molecule has 2 N–H and O–H groups in total. The highest BCUT2D eigenvalue weighted by molar-refractivity contribution is 5.63. The molecule has 0 amide bonds. The Bertz CT molecular complexity index is 556. The summed E-state index contributed by atoms with van der Waals surface area (Å²) in [5, 5.41) is 13.0. The van der Waals surface area contributed by atoms with Crippen LogP contribution in [0, 0.1) is 0 Å². The van der Waals surface area contributed by atoms with Gasteiger partial charge < -0.3 is 10.4 Å². The Labute approximate surface area is 127 Å². The van der Waals surface area contributed by atoms with Crippen molar-refractivity contribution in [2.75, 3.05) is 6.61 Å². The topological polar surface area (TPSA) is 45.1 Å². The summed E-state index contributed by atoms with van der Waals surface area (Å²) < 4.78 is 0. The van der Waals surface area contributed by atoms with Crippen molar-refractivity contribution in [3.05, 3.63) is 54.4 Å². The van der Waals surface area contributed by atoms with E-state index in [2.05, 4.69) is 48.4 Å². The van der Waals surface area contributed by atoms with E-state index in [-0.39, 0.29) is 12.1 Å². The SMILES string of the molecule is CCCC(C)(CO)NCc1cccc(-c2ccncc2)c1. The number of nitrogens with one attached hydrogen (secondary N) is 1. The molecule has 0 bridgehead atoms. The second-order valence-electron chi connectivity index (χ2n) is 5.76. The van der Waals surface area contributed by atoms with Crippen molar-refractivity contribution in [3.63, 3.8) is 0 Å². The van der Waals surface area contributed by atoms with Crippen LogP contribution in [-0.2, 0) is 6.54 Å². The molecule has 0 spiro atoms. The van der Waals surface area contributed by atoms with E-state index in [1.165, 1.54) is 16.7 Å². The molecular weight excluding hydrogens is 260 g/mol. The number of hydrogen-bond acceptors (Lipinski definition) is 3. The van der Waals surface area contributed by atoms with Crippen molar-refractivity contribution in [3.8, 4) is 11.1 Å². The van der Waals surface area contributed by atoms with E-state index in [0.717, 1.165) is 19.4 Å². The van der Waals surface area contributed by atoms with Gasteiger partial charge in [0.1, 0.15) is 0 Å². The zero-order valence-corrected chi connectivity index (χ0v) is 12.8. The summed E-state index contributed by atoms with van der Waals surface area (Å²) in [5.41, 5.74) is 3.38. The van der Waals surface area contributed by atoms with Crippen LogP contribution in [0.15, 0.2) is 48.8 Å². The van der Waals surface area contributed by atoms with E-state index in [1.54, 1.807) is 0 Å². The molecule has 1 aromatic carbocycles. The Morgan fingerprint density at radius 2 is 1.90 bits per heavy atom. The number of aliphatic hydroxyl groups is 1. The lowest BCUT2D eigenvalue weighted by atomic mass is 9.96. The van der Waals surface area contributed by atoms with Gasteiger partial charge in [0, 0.05) is 24.5 Å². The normalized spacial score (nSPS) is 13.9. The summed E-state index contributed by atoms with van der Waals surface area (Å²) in [6, 6.07) is 12.5. The van der Waals surface area contributed by atoms with Crippen LogP contribution >= 0.6 is 0 Å². The van der Waals surface area contributed by atoms with Crippen LogP contribution in [0.4, 0.5) is 0 Å². The maximum Gasteiger partial charge on any atom is 0.0610 e. The van der Waals surface area contributed by atoms with E-state index in [9.17, 15) is 5.11 Å². The molecule has 1 atom stereocenters. The maximum absolute atomic E-state index is 9.56. The molecule has 1 aromatic heterocycles. The lowest BCUT2D eigenvalue weighted by Gasteiger charge is -2.28. The molecule has 0 saturated heterocycles. The Morgan fingerprint density at radius 1 is 1.14 bits per heavy atom. The van der Waals surface area contributed by atoms with Crippen LogP contribution < -0.4 is 5.32 Å². The standard InChI is InChI=1S/C18H24N2O/c1-3-9-18(2,14-21)20-13-15-5-4-6-17(12-15)16-7-10-19-11-8-16/h4-8,10-12,20-21H,3,9,13-14H2,1-2H3. The summed E-state index contributed by atoms with van der Waals surface area (Å²) in [5.74, 6) is 0. The second-order valence-corrected chi connectivity index (χ2v) is 5.76. The van der Waals surface area contributed by atoms with Crippen LogP contribution in [0.25, 0.3) is 11.1 Å². The van der Waals surface area contributed by atoms with E-state index in [4.69, 9.17) is 0 Å². The van der Waals surface area contributed by atoms with Crippen molar-refractivity contribution < 1.29 is 5.11 Å². The average Bonchev–Trinajstić information content (AvgIpc) is 2.54. The smallest absolute Gasteiger partial charge is 0.0610 e. The van der Waals surface area contributed by atoms with Gasteiger partial charge in [-0.25, -0.2) is 0 Å². The maximum atomic E-state index is 9.56. The minimum Gasteiger partial charge on any atom is -0.394 e. The highest BCUT2D eigenvalue weighted by Gasteiger charge is 2.20. The lowest BCUT2D eigenvalue weighted by Crippen LogP contribution is -2.45. The number of pyridine rings is 1. The minimum atomic E-state index is -0.207. The van der Waals surface area contributed by atoms with Crippen LogP contribution in [0.1, 0.15) is 32.3 Å². The zero-order valence-electron chi connectivity index (χ0n) is 12.8. The molecule has 1 unspecified atom stereocenters. The molecule has 2 aromatic rings. The fourth-order valence-corrected chi connectivity index (χ4v) is 2.50. The first kappa shape index (κ1) is 15.7. The first-order chi connectivity index (χ1) is 10.2. The highest BCUT2D eigenvalue weighted by Crippen LogP contribution is 2.20. The lowest BCUT2D eigenvalue weighted by molar-refractivity contribution is 0.163. The molecular formula is C18H24N2O.